The Morgan fingerprint density at radius 1 is 1.38 bits per heavy atom. The van der Waals surface area contributed by atoms with E-state index >= 15 is 0 Å². The zero-order valence-corrected chi connectivity index (χ0v) is 6.99. The second-order valence-electron chi connectivity index (χ2n) is 2.97. The average molecular weight is 132 g/mol. The van der Waals surface area contributed by atoms with Crippen LogP contribution in [0.5, 0.6) is 0 Å². The highest BCUT2D eigenvalue weighted by Gasteiger charge is 2.09. The van der Waals surface area contributed by atoms with Crippen LogP contribution in [0.25, 0.3) is 0 Å². The third kappa shape index (κ3) is 6.14. The van der Waals surface area contributed by atoms with Crippen molar-refractivity contribution in [3.63, 3.8) is 0 Å². The van der Waals surface area contributed by atoms with E-state index in [4.69, 9.17) is 5.73 Å². The van der Waals surface area contributed by atoms with Gasteiger partial charge in [0.05, 0.1) is 0 Å². The lowest BCUT2D eigenvalue weighted by Crippen LogP contribution is -2.43. The van der Waals surface area contributed by atoms with Gasteiger partial charge in [0.25, 0.3) is 0 Å². The zero-order chi connectivity index (χ0) is 6.62. The lowest BCUT2D eigenvalue weighted by Gasteiger charge is -2.16. The third-order valence-electron chi connectivity index (χ3n) is 0.800. The number of hydrogen-bond donors (Lipinski definition) is 2. The van der Waals surface area contributed by atoms with Crippen LogP contribution in [0.4, 0.5) is 0 Å². The highest BCUT2D eigenvalue weighted by atomic mass is 28.3. The summed E-state index contributed by atoms with van der Waals surface area (Å²) in [5.41, 5.74) is 5.30. The van der Waals surface area contributed by atoms with E-state index in [0.717, 1.165) is 13.1 Å². The molecule has 0 rings (SSSR count). The van der Waals surface area contributed by atoms with Crippen molar-refractivity contribution in [3.05, 3.63) is 0 Å². The van der Waals surface area contributed by atoms with Crippen molar-refractivity contribution in [2.75, 3.05) is 13.1 Å². The van der Waals surface area contributed by atoms with E-state index in [1.54, 1.807) is 0 Å². The summed E-state index contributed by atoms with van der Waals surface area (Å²) in [7, 11) is -1.01. The van der Waals surface area contributed by atoms with Crippen LogP contribution in [0, 0.1) is 0 Å². The van der Waals surface area contributed by atoms with Gasteiger partial charge in [-0.15, -0.1) is 0 Å². The summed E-state index contributed by atoms with van der Waals surface area (Å²) in [5, 5.41) is 0. The van der Waals surface area contributed by atoms with Crippen molar-refractivity contribution >= 4 is 8.24 Å². The smallest absolute Gasteiger partial charge is 0.116 e. The molecule has 0 aromatic rings. The van der Waals surface area contributed by atoms with Gasteiger partial charge in [0.1, 0.15) is 8.24 Å². The van der Waals surface area contributed by atoms with Crippen LogP contribution in [-0.2, 0) is 0 Å². The van der Waals surface area contributed by atoms with Gasteiger partial charge in [-0.1, -0.05) is 19.6 Å². The Bertz CT molecular complexity index is 57.9. The quantitative estimate of drug-likeness (QED) is 0.544. The van der Waals surface area contributed by atoms with E-state index in [0.29, 0.717) is 0 Å². The van der Waals surface area contributed by atoms with Gasteiger partial charge >= 0.3 is 0 Å². The number of nitrogens with two attached hydrogens (primary N) is 1. The maximum absolute atomic E-state index is 5.30. The fourth-order valence-corrected chi connectivity index (χ4v) is 1.34. The molecular weight excluding hydrogens is 116 g/mol. The predicted octanol–water partition coefficient (Wildman–Crippen LogP) is 0.370. The largest absolute Gasteiger partial charge is 0.336 e. The molecule has 3 heteroatoms. The van der Waals surface area contributed by atoms with Gasteiger partial charge in [0, 0.05) is 13.1 Å². The summed E-state index contributed by atoms with van der Waals surface area (Å²) in [6, 6.07) is 0. The summed E-state index contributed by atoms with van der Waals surface area (Å²) in [4.78, 5) is 3.39. The SMILES string of the molecule is C[Si](C)(C)NCCN. The van der Waals surface area contributed by atoms with Gasteiger partial charge in [-0.2, -0.15) is 0 Å². The Labute approximate surface area is 52.5 Å². The summed E-state index contributed by atoms with van der Waals surface area (Å²) in [6.07, 6.45) is 0. The van der Waals surface area contributed by atoms with Crippen molar-refractivity contribution < 1.29 is 0 Å². The molecule has 0 aromatic carbocycles. The van der Waals surface area contributed by atoms with E-state index in [1.807, 2.05) is 0 Å². The molecule has 0 aliphatic rings. The first-order valence-electron chi connectivity index (χ1n) is 3.01. The maximum atomic E-state index is 5.30. The molecule has 0 heterocycles. The zero-order valence-electron chi connectivity index (χ0n) is 5.99. The molecule has 0 aliphatic carbocycles. The Morgan fingerprint density at radius 2 is 1.88 bits per heavy atom. The van der Waals surface area contributed by atoms with Crippen LogP contribution < -0.4 is 10.7 Å². The maximum Gasteiger partial charge on any atom is 0.116 e. The summed E-state index contributed by atoms with van der Waals surface area (Å²) in [5.74, 6) is 0. The van der Waals surface area contributed by atoms with Crippen molar-refractivity contribution in [3.8, 4) is 0 Å². The molecule has 50 valence electrons. The Balaban J connectivity index is 3.11. The number of nitrogens with one attached hydrogen (secondary N) is 1. The standard InChI is InChI=1S/C5H16N2Si/c1-8(2,3)7-5-4-6/h7H,4-6H2,1-3H3. The molecule has 0 spiro atoms. The van der Waals surface area contributed by atoms with E-state index in [2.05, 4.69) is 24.6 Å². The molecule has 0 atom stereocenters. The topological polar surface area (TPSA) is 38.0 Å². The molecule has 0 saturated carbocycles. The minimum atomic E-state index is -1.01. The molecule has 0 unspecified atom stereocenters. The van der Waals surface area contributed by atoms with Crippen LogP contribution in [0.1, 0.15) is 0 Å². The molecule has 0 saturated heterocycles. The first-order valence-corrected chi connectivity index (χ1v) is 6.51. The first kappa shape index (κ1) is 8.14. The van der Waals surface area contributed by atoms with Crippen LogP contribution in [0.15, 0.2) is 0 Å². The van der Waals surface area contributed by atoms with Gasteiger partial charge < -0.3 is 10.7 Å². The Kier molecular flexibility index (Phi) is 3.27. The van der Waals surface area contributed by atoms with Gasteiger partial charge in [0.15, 0.2) is 0 Å². The van der Waals surface area contributed by atoms with Gasteiger partial charge in [-0.05, 0) is 0 Å². The normalized spacial score (nSPS) is 12.0. The number of hydrogen-bond acceptors (Lipinski definition) is 2. The molecular formula is C5H16N2Si. The highest BCUT2D eigenvalue weighted by molar-refractivity contribution is 6.73. The summed E-state index contributed by atoms with van der Waals surface area (Å²) in [6.45, 7) is 8.52. The van der Waals surface area contributed by atoms with Crippen LogP contribution in [0.3, 0.4) is 0 Å². The Hall–Kier alpha value is 0.137. The van der Waals surface area contributed by atoms with Gasteiger partial charge in [-0.3, -0.25) is 0 Å². The van der Waals surface area contributed by atoms with Gasteiger partial charge in [0.2, 0.25) is 0 Å². The highest BCUT2D eigenvalue weighted by Crippen LogP contribution is 1.91. The summed E-state index contributed by atoms with van der Waals surface area (Å²) < 4.78 is 0. The number of rotatable bonds is 3. The second-order valence-corrected chi connectivity index (χ2v) is 7.82. The van der Waals surface area contributed by atoms with Crippen molar-refractivity contribution in [2.24, 2.45) is 5.73 Å². The van der Waals surface area contributed by atoms with Crippen LogP contribution >= 0.6 is 0 Å². The van der Waals surface area contributed by atoms with Crippen LogP contribution in [-0.4, -0.2) is 21.3 Å². The third-order valence-corrected chi connectivity index (χ3v) is 2.11. The minimum Gasteiger partial charge on any atom is -0.336 e. The fraction of sp³-hybridized carbons (Fsp3) is 1.00. The fourth-order valence-electron chi connectivity index (χ4n) is 0.447. The van der Waals surface area contributed by atoms with E-state index in [1.165, 1.54) is 0 Å². The first-order chi connectivity index (χ1) is 3.56. The van der Waals surface area contributed by atoms with E-state index in [-0.39, 0.29) is 0 Å². The second kappa shape index (κ2) is 3.22. The average Bonchev–Trinajstić information content (AvgIpc) is 1.59. The van der Waals surface area contributed by atoms with Crippen molar-refractivity contribution in [1.82, 2.24) is 4.98 Å². The lowest BCUT2D eigenvalue weighted by atomic mass is 10.7. The molecule has 0 fully saturated rings. The van der Waals surface area contributed by atoms with Gasteiger partial charge in [-0.25, -0.2) is 0 Å². The predicted molar refractivity (Wildman–Crippen MR) is 40.4 cm³/mol. The van der Waals surface area contributed by atoms with E-state index in [9.17, 15) is 0 Å². The molecule has 0 bridgehead atoms. The molecule has 0 radical (unpaired) electrons. The minimum absolute atomic E-state index is 0.754. The van der Waals surface area contributed by atoms with Crippen LogP contribution in [0.2, 0.25) is 19.6 Å². The molecule has 0 amide bonds. The summed E-state index contributed by atoms with van der Waals surface area (Å²) >= 11 is 0. The van der Waals surface area contributed by atoms with E-state index < -0.39 is 8.24 Å². The molecule has 0 aromatic heterocycles. The molecule has 0 aliphatic heterocycles. The molecule has 8 heavy (non-hydrogen) atoms. The molecule has 2 nitrogen and oxygen atoms in total. The van der Waals surface area contributed by atoms with Crippen molar-refractivity contribution in [2.45, 2.75) is 19.6 Å². The molecule has 3 N–H and O–H groups in total. The van der Waals surface area contributed by atoms with Crippen molar-refractivity contribution in [1.29, 1.82) is 0 Å². The lowest BCUT2D eigenvalue weighted by molar-refractivity contribution is 0.876. The monoisotopic (exact) mass is 132 g/mol. The Morgan fingerprint density at radius 3 is 2.00 bits per heavy atom.